The van der Waals surface area contributed by atoms with Gasteiger partial charge in [-0.1, -0.05) is 18.2 Å². The third kappa shape index (κ3) is 4.47. The number of halogens is 2. The van der Waals surface area contributed by atoms with Crippen LogP contribution in [0.2, 0.25) is 0 Å². The van der Waals surface area contributed by atoms with Crippen molar-refractivity contribution in [3.63, 3.8) is 0 Å². The topological polar surface area (TPSA) is 33.2 Å². The van der Waals surface area contributed by atoms with Crippen LogP contribution < -0.4 is 4.90 Å². The van der Waals surface area contributed by atoms with Gasteiger partial charge in [-0.05, 0) is 54.1 Å². The maximum absolute atomic E-state index is 13.1. The Kier molecular flexibility index (Phi) is 5.14. The van der Waals surface area contributed by atoms with Gasteiger partial charge in [0.05, 0.1) is 6.54 Å². The number of Topliss-reactive ketones (excluding diaryl/α,β-unsaturated/α-hetero) is 1. The molecule has 2 aromatic carbocycles. The molecular formula is C20H16F2N2O. The summed E-state index contributed by atoms with van der Waals surface area (Å²) < 4.78 is 26.1. The number of hydrogen-bond donors (Lipinski definition) is 0. The summed E-state index contributed by atoms with van der Waals surface area (Å²) in [6.45, 7) is 0.490. The first-order chi connectivity index (χ1) is 12.1. The van der Waals surface area contributed by atoms with Gasteiger partial charge >= 0.3 is 0 Å². The van der Waals surface area contributed by atoms with Crippen LogP contribution in [-0.2, 0) is 6.54 Å². The average Bonchev–Trinajstić information content (AvgIpc) is 2.64. The molecule has 3 rings (SSSR count). The third-order valence-electron chi connectivity index (χ3n) is 3.76. The largest absolute Gasteiger partial charge is 0.345 e. The molecule has 1 heterocycles. The Bertz CT molecular complexity index is 834. The van der Waals surface area contributed by atoms with Crippen molar-refractivity contribution in [3.8, 4) is 0 Å². The molecule has 126 valence electrons. The van der Waals surface area contributed by atoms with Gasteiger partial charge < -0.3 is 4.90 Å². The number of nitrogens with zero attached hydrogens (tertiary/aromatic N) is 2. The van der Waals surface area contributed by atoms with Gasteiger partial charge in [-0.3, -0.25) is 4.79 Å². The van der Waals surface area contributed by atoms with Crippen LogP contribution in [0.4, 0.5) is 14.6 Å². The van der Waals surface area contributed by atoms with Gasteiger partial charge in [-0.15, -0.1) is 0 Å². The molecule has 0 atom stereocenters. The lowest BCUT2D eigenvalue weighted by Crippen LogP contribution is -2.30. The number of pyridine rings is 1. The zero-order valence-electron chi connectivity index (χ0n) is 13.4. The fourth-order valence-corrected chi connectivity index (χ4v) is 2.47. The molecule has 0 bridgehead atoms. The van der Waals surface area contributed by atoms with Crippen LogP contribution in [0.3, 0.4) is 0 Å². The normalized spacial score (nSPS) is 10.5. The predicted molar refractivity (Wildman–Crippen MR) is 92.4 cm³/mol. The smallest absolute Gasteiger partial charge is 0.182 e. The number of ketones is 1. The van der Waals surface area contributed by atoms with E-state index in [-0.39, 0.29) is 24.0 Å². The Morgan fingerprint density at radius 3 is 2.12 bits per heavy atom. The standard InChI is InChI=1S/C20H16F2N2O/c21-17-8-4-15(5-9-17)13-24(20-3-1-2-12-23-20)14-19(25)16-6-10-18(22)11-7-16/h1-12H,13-14H2. The second kappa shape index (κ2) is 7.66. The molecule has 0 aliphatic carbocycles. The summed E-state index contributed by atoms with van der Waals surface area (Å²) in [7, 11) is 0. The van der Waals surface area contributed by atoms with Crippen LogP contribution in [-0.4, -0.2) is 17.3 Å². The van der Waals surface area contributed by atoms with E-state index in [1.54, 1.807) is 29.3 Å². The van der Waals surface area contributed by atoms with E-state index in [0.29, 0.717) is 17.9 Å². The average molecular weight is 338 g/mol. The Balaban J connectivity index is 1.82. The maximum Gasteiger partial charge on any atom is 0.182 e. The quantitative estimate of drug-likeness (QED) is 0.630. The summed E-state index contributed by atoms with van der Waals surface area (Å²) in [4.78, 5) is 18.6. The summed E-state index contributed by atoms with van der Waals surface area (Å²) in [5.41, 5.74) is 1.29. The van der Waals surface area contributed by atoms with E-state index in [1.807, 2.05) is 12.1 Å². The fraction of sp³-hybridized carbons (Fsp3) is 0.100. The predicted octanol–water partition coefficient (Wildman–Crippen LogP) is 4.25. The number of anilines is 1. The fourth-order valence-electron chi connectivity index (χ4n) is 2.47. The molecule has 3 aromatic rings. The first-order valence-electron chi connectivity index (χ1n) is 7.81. The molecule has 0 N–H and O–H groups in total. The van der Waals surface area contributed by atoms with Crippen molar-refractivity contribution in [2.45, 2.75) is 6.54 Å². The third-order valence-corrected chi connectivity index (χ3v) is 3.76. The summed E-state index contributed by atoms with van der Waals surface area (Å²) in [6, 6.07) is 17.0. The second-order valence-electron chi connectivity index (χ2n) is 5.60. The molecular weight excluding hydrogens is 322 g/mol. The van der Waals surface area contributed by atoms with E-state index in [1.165, 1.54) is 36.4 Å². The van der Waals surface area contributed by atoms with Gasteiger partial charge in [0.1, 0.15) is 17.5 Å². The zero-order valence-corrected chi connectivity index (χ0v) is 13.4. The highest BCUT2D eigenvalue weighted by atomic mass is 19.1. The molecule has 0 saturated heterocycles. The Hall–Kier alpha value is -3.08. The summed E-state index contributed by atoms with van der Waals surface area (Å²) in [5, 5.41) is 0. The maximum atomic E-state index is 13.1. The minimum atomic E-state index is -0.385. The number of carbonyl (C=O) groups is 1. The number of aromatic nitrogens is 1. The molecule has 0 saturated carbocycles. The summed E-state index contributed by atoms with van der Waals surface area (Å²) >= 11 is 0. The van der Waals surface area contributed by atoms with Crippen molar-refractivity contribution >= 4 is 11.6 Å². The first-order valence-corrected chi connectivity index (χ1v) is 7.81. The van der Waals surface area contributed by atoms with Gasteiger partial charge in [0.2, 0.25) is 0 Å². The van der Waals surface area contributed by atoms with Crippen molar-refractivity contribution in [3.05, 3.63) is 95.7 Å². The molecule has 0 amide bonds. The first kappa shape index (κ1) is 16.8. The minimum absolute atomic E-state index is 0.0834. The lowest BCUT2D eigenvalue weighted by molar-refractivity contribution is 0.0998. The summed E-state index contributed by atoms with van der Waals surface area (Å²) in [6.07, 6.45) is 1.65. The van der Waals surface area contributed by atoms with E-state index in [2.05, 4.69) is 4.98 Å². The number of rotatable bonds is 6. The highest BCUT2D eigenvalue weighted by Crippen LogP contribution is 2.16. The zero-order chi connectivity index (χ0) is 17.6. The Morgan fingerprint density at radius 2 is 1.52 bits per heavy atom. The lowest BCUT2D eigenvalue weighted by Gasteiger charge is -2.23. The number of carbonyl (C=O) groups excluding carboxylic acids is 1. The molecule has 25 heavy (non-hydrogen) atoms. The molecule has 0 spiro atoms. The molecule has 0 aliphatic rings. The second-order valence-corrected chi connectivity index (χ2v) is 5.60. The van der Waals surface area contributed by atoms with Gasteiger partial charge in [-0.2, -0.15) is 0 Å². The van der Waals surface area contributed by atoms with Crippen molar-refractivity contribution in [1.82, 2.24) is 4.98 Å². The van der Waals surface area contributed by atoms with Crippen LogP contribution in [0, 0.1) is 11.6 Å². The highest BCUT2D eigenvalue weighted by molar-refractivity contribution is 5.99. The van der Waals surface area contributed by atoms with E-state index in [0.717, 1.165) is 5.56 Å². The summed E-state index contributed by atoms with van der Waals surface area (Å²) in [5.74, 6) is -0.199. The van der Waals surface area contributed by atoms with Crippen LogP contribution in [0.15, 0.2) is 72.9 Å². The Morgan fingerprint density at radius 1 is 0.880 bits per heavy atom. The molecule has 5 heteroatoms. The lowest BCUT2D eigenvalue weighted by atomic mass is 10.1. The van der Waals surface area contributed by atoms with Crippen LogP contribution in [0.25, 0.3) is 0 Å². The van der Waals surface area contributed by atoms with E-state index >= 15 is 0 Å². The van der Waals surface area contributed by atoms with E-state index < -0.39 is 0 Å². The van der Waals surface area contributed by atoms with Crippen molar-refractivity contribution < 1.29 is 13.6 Å². The molecule has 0 aliphatic heterocycles. The monoisotopic (exact) mass is 338 g/mol. The molecule has 0 fully saturated rings. The molecule has 3 nitrogen and oxygen atoms in total. The molecule has 0 radical (unpaired) electrons. The van der Waals surface area contributed by atoms with Gasteiger partial charge in [0.15, 0.2) is 5.78 Å². The van der Waals surface area contributed by atoms with Crippen molar-refractivity contribution in [2.24, 2.45) is 0 Å². The number of hydrogen-bond acceptors (Lipinski definition) is 3. The highest BCUT2D eigenvalue weighted by Gasteiger charge is 2.15. The van der Waals surface area contributed by atoms with E-state index in [9.17, 15) is 13.6 Å². The van der Waals surface area contributed by atoms with Crippen LogP contribution in [0.5, 0.6) is 0 Å². The molecule has 0 unspecified atom stereocenters. The minimum Gasteiger partial charge on any atom is -0.345 e. The van der Waals surface area contributed by atoms with Gasteiger partial charge in [-0.25, -0.2) is 13.8 Å². The van der Waals surface area contributed by atoms with Crippen LogP contribution in [0.1, 0.15) is 15.9 Å². The Labute approximate surface area is 144 Å². The van der Waals surface area contributed by atoms with Crippen molar-refractivity contribution in [2.75, 3.05) is 11.4 Å². The van der Waals surface area contributed by atoms with Crippen molar-refractivity contribution in [1.29, 1.82) is 0 Å². The number of benzene rings is 2. The van der Waals surface area contributed by atoms with Gasteiger partial charge in [0.25, 0.3) is 0 Å². The van der Waals surface area contributed by atoms with Crippen LogP contribution >= 0.6 is 0 Å². The van der Waals surface area contributed by atoms with E-state index in [4.69, 9.17) is 0 Å². The SMILES string of the molecule is O=C(CN(Cc1ccc(F)cc1)c1ccccn1)c1ccc(F)cc1. The molecule has 1 aromatic heterocycles. The van der Waals surface area contributed by atoms with Gasteiger partial charge in [0, 0.05) is 18.3 Å².